The van der Waals surface area contributed by atoms with Gasteiger partial charge in [0.15, 0.2) is 0 Å². The zero-order chi connectivity index (χ0) is 13.9. The van der Waals surface area contributed by atoms with Crippen LogP contribution in [0.1, 0.15) is 55.3 Å². The fourth-order valence-corrected chi connectivity index (χ4v) is 3.33. The highest BCUT2D eigenvalue weighted by Crippen LogP contribution is 2.24. The van der Waals surface area contributed by atoms with Crippen molar-refractivity contribution in [1.29, 1.82) is 0 Å². The Balaban J connectivity index is 0.00000161. The first-order chi connectivity index (χ1) is 9.74. The summed E-state index contributed by atoms with van der Waals surface area (Å²) < 4.78 is 0. The van der Waals surface area contributed by atoms with Gasteiger partial charge in [0.2, 0.25) is 5.91 Å². The molecule has 1 amide bonds. The second-order valence-corrected chi connectivity index (χ2v) is 6.11. The molecule has 1 heterocycles. The topological polar surface area (TPSA) is 41.1 Å². The maximum Gasteiger partial charge on any atom is 0.237 e. The Kier molecular flexibility index (Phi) is 5.65. The second kappa shape index (κ2) is 7.28. The van der Waals surface area contributed by atoms with Crippen molar-refractivity contribution in [3.63, 3.8) is 0 Å². The molecular weight excluding hydrogens is 284 g/mol. The molecule has 1 fully saturated rings. The Morgan fingerprint density at radius 1 is 1.24 bits per heavy atom. The maximum atomic E-state index is 12.1. The van der Waals surface area contributed by atoms with Gasteiger partial charge >= 0.3 is 0 Å². The van der Waals surface area contributed by atoms with E-state index in [-0.39, 0.29) is 30.4 Å². The van der Waals surface area contributed by atoms with Gasteiger partial charge in [-0.1, -0.05) is 18.2 Å². The Bertz CT molecular complexity index is 498. The Morgan fingerprint density at radius 2 is 2.00 bits per heavy atom. The SMILES string of the molecule is CC(NC(=O)C1CCCN1)c1ccc2c(c1)CCCC2.Cl. The molecule has 4 heteroatoms. The lowest BCUT2D eigenvalue weighted by Crippen LogP contribution is -2.41. The van der Waals surface area contributed by atoms with Crippen LogP contribution in [0.25, 0.3) is 0 Å². The van der Waals surface area contributed by atoms with Crippen molar-refractivity contribution in [2.45, 2.75) is 57.5 Å². The van der Waals surface area contributed by atoms with Gasteiger partial charge in [0.1, 0.15) is 0 Å². The molecule has 2 aliphatic rings. The molecule has 1 aromatic carbocycles. The van der Waals surface area contributed by atoms with Crippen molar-refractivity contribution in [1.82, 2.24) is 10.6 Å². The van der Waals surface area contributed by atoms with E-state index in [2.05, 4.69) is 35.8 Å². The van der Waals surface area contributed by atoms with E-state index in [9.17, 15) is 4.79 Å². The molecule has 1 aliphatic heterocycles. The Labute approximate surface area is 133 Å². The van der Waals surface area contributed by atoms with E-state index in [1.54, 1.807) is 0 Å². The lowest BCUT2D eigenvalue weighted by molar-refractivity contribution is -0.123. The maximum absolute atomic E-state index is 12.1. The van der Waals surface area contributed by atoms with E-state index >= 15 is 0 Å². The van der Waals surface area contributed by atoms with E-state index in [1.165, 1.54) is 42.4 Å². The summed E-state index contributed by atoms with van der Waals surface area (Å²) in [7, 11) is 0. The molecule has 1 aromatic rings. The standard InChI is InChI=1S/C17H24N2O.ClH/c1-12(19-17(20)16-7-4-10-18-16)14-9-8-13-5-2-3-6-15(13)11-14;/h8-9,11-12,16,18H,2-7,10H2,1H3,(H,19,20);1H. The van der Waals surface area contributed by atoms with Gasteiger partial charge in [-0.3, -0.25) is 4.79 Å². The predicted molar refractivity (Wildman–Crippen MR) is 87.9 cm³/mol. The monoisotopic (exact) mass is 308 g/mol. The molecule has 0 bridgehead atoms. The summed E-state index contributed by atoms with van der Waals surface area (Å²) in [5, 5.41) is 6.39. The second-order valence-electron chi connectivity index (χ2n) is 6.11. The number of carbonyl (C=O) groups excluding carboxylic acids is 1. The van der Waals surface area contributed by atoms with Gasteiger partial charge in [-0.25, -0.2) is 0 Å². The first-order valence-corrected chi connectivity index (χ1v) is 7.89. The third-order valence-corrected chi connectivity index (χ3v) is 4.61. The minimum Gasteiger partial charge on any atom is -0.348 e. The predicted octanol–water partition coefficient (Wildman–Crippen LogP) is 2.92. The molecule has 2 N–H and O–H groups in total. The van der Waals surface area contributed by atoms with Crippen molar-refractivity contribution >= 4 is 18.3 Å². The van der Waals surface area contributed by atoms with Gasteiger partial charge in [-0.15, -0.1) is 12.4 Å². The number of hydrogen-bond acceptors (Lipinski definition) is 2. The molecule has 3 rings (SSSR count). The number of aryl methyl sites for hydroxylation is 2. The fraction of sp³-hybridized carbons (Fsp3) is 0.588. The molecule has 3 nitrogen and oxygen atoms in total. The number of benzene rings is 1. The average molecular weight is 309 g/mol. The van der Waals surface area contributed by atoms with E-state index in [1.807, 2.05) is 0 Å². The zero-order valence-corrected chi connectivity index (χ0v) is 13.5. The van der Waals surface area contributed by atoms with Gasteiger partial charge in [0.05, 0.1) is 12.1 Å². The van der Waals surface area contributed by atoms with Gasteiger partial charge in [0, 0.05) is 0 Å². The minimum atomic E-state index is 0. The molecule has 2 unspecified atom stereocenters. The van der Waals surface area contributed by atoms with Crippen LogP contribution in [0.3, 0.4) is 0 Å². The van der Waals surface area contributed by atoms with Gasteiger partial charge in [0.25, 0.3) is 0 Å². The number of hydrogen-bond donors (Lipinski definition) is 2. The molecule has 21 heavy (non-hydrogen) atoms. The lowest BCUT2D eigenvalue weighted by atomic mass is 9.89. The highest BCUT2D eigenvalue weighted by atomic mass is 35.5. The molecule has 0 radical (unpaired) electrons. The van der Waals surface area contributed by atoms with Crippen LogP contribution in [0.5, 0.6) is 0 Å². The summed E-state index contributed by atoms with van der Waals surface area (Å²) >= 11 is 0. The normalized spacial score (nSPS) is 22.0. The lowest BCUT2D eigenvalue weighted by Gasteiger charge is -2.21. The van der Waals surface area contributed by atoms with Crippen molar-refractivity contribution in [3.8, 4) is 0 Å². The number of fused-ring (bicyclic) bond motifs is 1. The first kappa shape index (κ1) is 16.3. The molecular formula is C17H25ClN2O. The van der Waals surface area contributed by atoms with Crippen molar-refractivity contribution < 1.29 is 4.79 Å². The molecule has 2 atom stereocenters. The summed E-state index contributed by atoms with van der Waals surface area (Å²) in [6, 6.07) is 6.83. The highest BCUT2D eigenvalue weighted by Gasteiger charge is 2.23. The highest BCUT2D eigenvalue weighted by molar-refractivity contribution is 5.85. The van der Waals surface area contributed by atoms with Crippen molar-refractivity contribution in [2.75, 3.05) is 6.54 Å². The largest absolute Gasteiger partial charge is 0.348 e. The number of nitrogens with one attached hydrogen (secondary N) is 2. The van der Waals surface area contributed by atoms with Gasteiger partial charge < -0.3 is 10.6 Å². The zero-order valence-electron chi connectivity index (χ0n) is 12.7. The van der Waals surface area contributed by atoms with Crippen LogP contribution >= 0.6 is 12.4 Å². The molecule has 0 spiro atoms. The number of rotatable bonds is 3. The van der Waals surface area contributed by atoms with E-state index in [0.717, 1.165) is 19.4 Å². The van der Waals surface area contributed by atoms with Crippen molar-refractivity contribution in [2.24, 2.45) is 0 Å². The first-order valence-electron chi connectivity index (χ1n) is 7.89. The summed E-state index contributed by atoms with van der Waals surface area (Å²) in [5.74, 6) is 0.146. The Morgan fingerprint density at radius 3 is 2.71 bits per heavy atom. The number of halogens is 1. The Hall–Kier alpha value is -1.06. The summed E-state index contributed by atoms with van der Waals surface area (Å²) in [6.07, 6.45) is 7.07. The van der Waals surface area contributed by atoms with Crippen LogP contribution < -0.4 is 10.6 Å². The quantitative estimate of drug-likeness (QED) is 0.901. The van der Waals surface area contributed by atoms with Crippen molar-refractivity contribution in [3.05, 3.63) is 34.9 Å². The summed E-state index contributed by atoms with van der Waals surface area (Å²) in [5.41, 5.74) is 4.21. The molecule has 116 valence electrons. The van der Waals surface area contributed by atoms with E-state index in [0.29, 0.717) is 0 Å². The van der Waals surface area contributed by atoms with E-state index in [4.69, 9.17) is 0 Å². The summed E-state index contributed by atoms with van der Waals surface area (Å²) in [4.78, 5) is 12.1. The summed E-state index contributed by atoms with van der Waals surface area (Å²) in [6.45, 7) is 3.04. The van der Waals surface area contributed by atoms with Crippen LogP contribution in [0.15, 0.2) is 18.2 Å². The smallest absolute Gasteiger partial charge is 0.237 e. The van der Waals surface area contributed by atoms with Crippen LogP contribution in [0, 0.1) is 0 Å². The molecule has 0 aromatic heterocycles. The van der Waals surface area contributed by atoms with E-state index < -0.39 is 0 Å². The molecule has 1 aliphatic carbocycles. The number of amides is 1. The molecule has 1 saturated heterocycles. The van der Waals surface area contributed by atoms with Crippen LogP contribution in [0.4, 0.5) is 0 Å². The molecule has 0 saturated carbocycles. The van der Waals surface area contributed by atoms with Crippen LogP contribution in [0.2, 0.25) is 0 Å². The minimum absolute atomic E-state index is 0. The van der Waals surface area contributed by atoms with Crippen LogP contribution in [-0.2, 0) is 17.6 Å². The van der Waals surface area contributed by atoms with Gasteiger partial charge in [-0.2, -0.15) is 0 Å². The number of carbonyl (C=O) groups is 1. The van der Waals surface area contributed by atoms with Gasteiger partial charge in [-0.05, 0) is 68.7 Å². The van der Waals surface area contributed by atoms with Crippen LogP contribution in [-0.4, -0.2) is 18.5 Å². The fourth-order valence-electron chi connectivity index (χ4n) is 3.33. The third kappa shape index (κ3) is 3.78. The average Bonchev–Trinajstić information content (AvgIpc) is 3.01. The third-order valence-electron chi connectivity index (χ3n) is 4.61.